The van der Waals surface area contributed by atoms with E-state index in [1.54, 1.807) is 6.92 Å². The van der Waals surface area contributed by atoms with Gasteiger partial charge in [0, 0.05) is 30.4 Å². The van der Waals surface area contributed by atoms with Crippen molar-refractivity contribution in [3.05, 3.63) is 62.1 Å². The zero-order valence-corrected chi connectivity index (χ0v) is 13.6. The van der Waals surface area contributed by atoms with E-state index in [4.69, 9.17) is 0 Å². The van der Waals surface area contributed by atoms with Crippen LogP contribution in [0.25, 0.3) is 0 Å². The third-order valence-corrected chi connectivity index (χ3v) is 3.31. The van der Waals surface area contributed by atoms with Gasteiger partial charge in [-0.15, -0.1) is 0 Å². The Morgan fingerprint density at radius 3 is 2.62 bits per heavy atom. The van der Waals surface area contributed by atoms with Crippen LogP contribution in [0.4, 0.5) is 11.4 Å². The SMILES string of the molecule is Cc1cc([N+](=O)[O-])ccc1NC(=O)c1ccc(=O)n(CC(C)C)n1. The molecule has 0 fully saturated rings. The first-order valence-corrected chi connectivity index (χ1v) is 7.42. The molecule has 0 spiro atoms. The maximum Gasteiger partial charge on any atom is 0.276 e. The Morgan fingerprint density at radius 1 is 1.33 bits per heavy atom. The Hall–Kier alpha value is -3.03. The molecule has 0 saturated heterocycles. The number of hydrogen-bond acceptors (Lipinski definition) is 5. The van der Waals surface area contributed by atoms with Crippen molar-refractivity contribution in [3.8, 4) is 0 Å². The number of rotatable bonds is 5. The lowest BCUT2D eigenvalue weighted by Gasteiger charge is -2.10. The first-order valence-electron chi connectivity index (χ1n) is 7.42. The molecular formula is C16H18N4O4. The van der Waals surface area contributed by atoms with Gasteiger partial charge in [0.1, 0.15) is 5.69 Å². The second-order valence-corrected chi connectivity index (χ2v) is 5.84. The van der Waals surface area contributed by atoms with E-state index in [9.17, 15) is 19.7 Å². The van der Waals surface area contributed by atoms with E-state index in [1.807, 2.05) is 13.8 Å². The molecule has 1 amide bonds. The maximum atomic E-state index is 12.3. The highest BCUT2D eigenvalue weighted by Gasteiger charge is 2.14. The molecule has 2 rings (SSSR count). The van der Waals surface area contributed by atoms with Crippen molar-refractivity contribution in [2.45, 2.75) is 27.3 Å². The predicted octanol–water partition coefficient (Wildman–Crippen LogP) is 2.37. The lowest BCUT2D eigenvalue weighted by molar-refractivity contribution is -0.384. The van der Waals surface area contributed by atoms with E-state index >= 15 is 0 Å². The van der Waals surface area contributed by atoms with Gasteiger partial charge in [-0.2, -0.15) is 5.10 Å². The number of carbonyl (C=O) groups is 1. The number of aromatic nitrogens is 2. The molecule has 0 radical (unpaired) electrons. The number of nitro benzene ring substituents is 1. The summed E-state index contributed by atoms with van der Waals surface area (Å²) in [5, 5.41) is 17.5. The van der Waals surface area contributed by atoms with Crippen molar-refractivity contribution in [1.82, 2.24) is 9.78 Å². The van der Waals surface area contributed by atoms with Gasteiger partial charge in [-0.25, -0.2) is 4.68 Å². The van der Waals surface area contributed by atoms with Crippen LogP contribution in [0.15, 0.2) is 35.1 Å². The summed E-state index contributed by atoms with van der Waals surface area (Å²) in [5.74, 6) is -0.269. The Bertz CT molecular complexity index is 842. The molecule has 0 aliphatic heterocycles. The average molecular weight is 330 g/mol. The maximum absolute atomic E-state index is 12.3. The van der Waals surface area contributed by atoms with Gasteiger partial charge in [0.15, 0.2) is 0 Å². The number of carbonyl (C=O) groups excluding carboxylic acids is 1. The number of benzene rings is 1. The number of amides is 1. The lowest BCUT2D eigenvalue weighted by Crippen LogP contribution is -2.27. The van der Waals surface area contributed by atoms with Crippen molar-refractivity contribution in [3.63, 3.8) is 0 Å². The quantitative estimate of drug-likeness (QED) is 0.669. The highest BCUT2D eigenvalue weighted by atomic mass is 16.6. The summed E-state index contributed by atoms with van der Waals surface area (Å²) in [5.41, 5.74) is 0.802. The summed E-state index contributed by atoms with van der Waals surface area (Å²) in [6.45, 7) is 5.97. The average Bonchev–Trinajstić information content (AvgIpc) is 2.50. The minimum atomic E-state index is -0.498. The van der Waals surface area contributed by atoms with Gasteiger partial charge < -0.3 is 5.32 Å². The number of anilines is 1. The Labute approximate surface area is 138 Å². The van der Waals surface area contributed by atoms with Crippen LogP contribution in [0.3, 0.4) is 0 Å². The first kappa shape index (κ1) is 17.3. The van der Waals surface area contributed by atoms with Crippen LogP contribution in [0.1, 0.15) is 29.9 Å². The van der Waals surface area contributed by atoms with Crippen LogP contribution in [0, 0.1) is 23.0 Å². The van der Waals surface area contributed by atoms with E-state index in [-0.39, 0.29) is 22.9 Å². The van der Waals surface area contributed by atoms with Crippen LogP contribution in [-0.4, -0.2) is 20.6 Å². The van der Waals surface area contributed by atoms with Crippen LogP contribution < -0.4 is 10.9 Å². The molecule has 0 aliphatic rings. The molecule has 0 bridgehead atoms. The van der Waals surface area contributed by atoms with Crippen LogP contribution in [-0.2, 0) is 6.54 Å². The van der Waals surface area contributed by atoms with Crippen molar-refractivity contribution in [2.24, 2.45) is 5.92 Å². The largest absolute Gasteiger partial charge is 0.320 e. The number of nitrogens with zero attached hydrogens (tertiary/aromatic N) is 3. The second-order valence-electron chi connectivity index (χ2n) is 5.84. The van der Waals surface area contributed by atoms with Crippen molar-refractivity contribution >= 4 is 17.3 Å². The molecule has 0 atom stereocenters. The molecular weight excluding hydrogens is 312 g/mol. The zero-order chi connectivity index (χ0) is 17.9. The predicted molar refractivity (Wildman–Crippen MR) is 89.1 cm³/mol. The Balaban J connectivity index is 2.24. The Kier molecular flexibility index (Phi) is 5.08. The summed E-state index contributed by atoms with van der Waals surface area (Å²) < 4.78 is 1.25. The molecule has 0 unspecified atom stereocenters. The van der Waals surface area contributed by atoms with Gasteiger partial charge in [-0.05, 0) is 30.5 Å². The third-order valence-electron chi connectivity index (χ3n) is 3.31. The number of nitro groups is 1. The van der Waals surface area contributed by atoms with Gasteiger partial charge >= 0.3 is 0 Å². The fourth-order valence-electron chi connectivity index (χ4n) is 2.13. The van der Waals surface area contributed by atoms with E-state index < -0.39 is 10.8 Å². The highest BCUT2D eigenvalue weighted by molar-refractivity contribution is 6.03. The van der Waals surface area contributed by atoms with Gasteiger partial charge in [-0.3, -0.25) is 19.7 Å². The number of aryl methyl sites for hydroxylation is 1. The van der Waals surface area contributed by atoms with E-state index in [1.165, 1.54) is 35.0 Å². The van der Waals surface area contributed by atoms with Gasteiger partial charge in [0.05, 0.1) is 4.92 Å². The minimum Gasteiger partial charge on any atom is -0.320 e. The number of non-ortho nitro benzene ring substituents is 1. The van der Waals surface area contributed by atoms with Gasteiger partial charge in [0.25, 0.3) is 17.2 Å². The first-order chi connectivity index (χ1) is 11.3. The van der Waals surface area contributed by atoms with Crippen LogP contribution in [0.5, 0.6) is 0 Å². The molecule has 8 heteroatoms. The second kappa shape index (κ2) is 7.03. The fourth-order valence-corrected chi connectivity index (χ4v) is 2.13. The lowest BCUT2D eigenvalue weighted by atomic mass is 10.1. The topological polar surface area (TPSA) is 107 Å². The van der Waals surface area contributed by atoms with Gasteiger partial charge in [0.2, 0.25) is 0 Å². The summed E-state index contributed by atoms with van der Waals surface area (Å²) >= 11 is 0. The smallest absolute Gasteiger partial charge is 0.276 e. The van der Waals surface area contributed by atoms with Crippen molar-refractivity contribution in [1.29, 1.82) is 0 Å². The summed E-state index contributed by atoms with van der Waals surface area (Å²) in [6.07, 6.45) is 0. The number of hydrogen-bond donors (Lipinski definition) is 1. The van der Waals surface area contributed by atoms with Crippen molar-refractivity contribution in [2.75, 3.05) is 5.32 Å². The van der Waals surface area contributed by atoms with E-state index in [0.717, 1.165) is 0 Å². The Morgan fingerprint density at radius 2 is 2.04 bits per heavy atom. The van der Waals surface area contributed by atoms with Crippen LogP contribution in [0.2, 0.25) is 0 Å². The van der Waals surface area contributed by atoms with Crippen LogP contribution >= 0.6 is 0 Å². The molecule has 24 heavy (non-hydrogen) atoms. The van der Waals surface area contributed by atoms with E-state index in [2.05, 4.69) is 10.4 Å². The molecule has 1 N–H and O–H groups in total. The third kappa shape index (κ3) is 4.03. The van der Waals surface area contributed by atoms with Gasteiger partial charge in [-0.1, -0.05) is 13.8 Å². The normalized spacial score (nSPS) is 10.7. The summed E-state index contributed by atoms with van der Waals surface area (Å²) in [6, 6.07) is 6.82. The summed E-state index contributed by atoms with van der Waals surface area (Å²) in [7, 11) is 0. The monoisotopic (exact) mass is 330 g/mol. The summed E-state index contributed by atoms with van der Waals surface area (Å²) in [4.78, 5) is 34.3. The zero-order valence-electron chi connectivity index (χ0n) is 13.6. The molecule has 8 nitrogen and oxygen atoms in total. The molecule has 0 saturated carbocycles. The standard InChI is InChI=1S/C16H18N4O4/c1-10(2)9-19-15(21)7-6-14(18-19)16(22)17-13-5-4-12(20(23)24)8-11(13)3/h4-8,10H,9H2,1-3H3,(H,17,22). The van der Waals surface area contributed by atoms with Crippen molar-refractivity contribution < 1.29 is 9.72 Å². The molecule has 1 heterocycles. The number of nitrogens with one attached hydrogen (secondary N) is 1. The molecule has 126 valence electrons. The highest BCUT2D eigenvalue weighted by Crippen LogP contribution is 2.21. The molecule has 0 aliphatic carbocycles. The molecule has 2 aromatic rings. The molecule has 1 aromatic heterocycles. The minimum absolute atomic E-state index is 0.0471. The van der Waals surface area contributed by atoms with E-state index in [0.29, 0.717) is 17.8 Å². The fraction of sp³-hybridized carbons (Fsp3) is 0.312. The molecule has 1 aromatic carbocycles.